The Labute approximate surface area is 179 Å². The predicted molar refractivity (Wildman–Crippen MR) is 125 cm³/mol. The van der Waals surface area contributed by atoms with Gasteiger partial charge in [0, 0.05) is 26.2 Å². The quantitative estimate of drug-likeness (QED) is 0.541. The largest absolute Gasteiger partial charge is 0.294 e. The van der Waals surface area contributed by atoms with Crippen LogP contribution in [0.2, 0.25) is 0 Å². The van der Waals surface area contributed by atoms with Gasteiger partial charge in [0.05, 0.1) is 12.3 Å². The van der Waals surface area contributed by atoms with Crippen LogP contribution in [0.3, 0.4) is 0 Å². The standard InChI is InChI=1S/C27H29N3/c1-20(2)22-13-11-21(12-14-22)19-28-30-17-15-29(16-18-30)27-25-9-5-3-7-23(25)24-8-4-6-10-26(24)27/h3-14,19-20,27H,15-18H2,1-2H3/b28-19-. The van der Waals surface area contributed by atoms with Crippen LogP contribution in [-0.4, -0.2) is 42.3 Å². The number of fused-ring (bicyclic) bond motifs is 3. The molecule has 0 N–H and O–H groups in total. The van der Waals surface area contributed by atoms with E-state index in [9.17, 15) is 0 Å². The Kier molecular flexibility index (Phi) is 5.14. The third-order valence-electron chi connectivity index (χ3n) is 6.43. The van der Waals surface area contributed by atoms with Gasteiger partial charge in [-0.1, -0.05) is 86.6 Å². The molecule has 30 heavy (non-hydrogen) atoms. The van der Waals surface area contributed by atoms with Crippen molar-refractivity contribution in [1.82, 2.24) is 9.91 Å². The molecular weight excluding hydrogens is 366 g/mol. The van der Waals surface area contributed by atoms with E-state index in [1.165, 1.54) is 33.4 Å². The van der Waals surface area contributed by atoms with Crippen molar-refractivity contribution in [2.75, 3.05) is 26.2 Å². The minimum atomic E-state index is 0.368. The molecule has 0 bridgehead atoms. The number of benzene rings is 3. The van der Waals surface area contributed by atoms with Gasteiger partial charge in [-0.3, -0.25) is 9.91 Å². The van der Waals surface area contributed by atoms with Crippen molar-refractivity contribution in [3.63, 3.8) is 0 Å². The van der Waals surface area contributed by atoms with Crippen LogP contribution in [0.1, 0.15) is 48.1 Å². The molecule has 1 aliphatic heterocycles. The number of hydrazone groups is 1. The maximum atomic E-state index is 4.76. The van der Waals surface area contributed by atoms with Crippen LogP contribution in [-0.2, 0) is 0 Å². The van der Waals surface area contributed by atoms with E-state index in [-0.39, 0.29) is 0 Å². The molecule has 3 aromatic rings. The van der Waals surface area contributed by atoms with Crippen molar-refractivity contribution in [2.24, 2.45) is 5.10 Å². The third kappa shape index (κ3) is 3.54. The van der Waals surface area contributed by atoms with Gasteiger partial charge >= 0.3 is 0 Å². The fourth-order valence-electron chi connectivity index (χ4n) is 4.72. The lowest BCUT2D eigenvalue weighted by Crippen LogP contribution is -2.45. The summed E-state index contributed by atoms with van der Waals surface area (Å²) in [6.07, 6.45) is 2.00. The average Bonchev–Trinajstić information content (AvgIpc) is 3.13. The lowest BCUT2D eigenvalue weighted by atomic mass is 10.0. The monoisotopic (exact) mass is 395 g/mol. The van der Waals surface area contributed by atoms with Gasteiger partial charge in [-0.2, -0.15) is 5.10 Å². The molecule has 0 saturated carbocycles. The molecule has 0 spiro atoms. The van der Waals surface area contributed by atoms with E-state index in [1.807, 2.05) is 6.21 Å². The number of piperazine rings is 1. The summed E-state index contributed by atoms with van der Waals surface area (Å²) in [7, 11) is 0. The number of rotatable bonds is 4. The first-order chi connectivity index (χ1) is 14.7. The summed E-state index contributed by atoms with van der Waals surface area (Å²) >= 11 is 0. The van der Waals surface area contributed by atoms with E-state index < -0.39 is 0 Å². The second-order valence-corrected chi connectivity index (χ2v) is 8.63. The predicted octanol–water partition coefficient (Wildman–Crippen LogP) is 5.53. The first-order valence-corrected chi connectivity index (χ1v) is 11.0. The normalized spacial score (nSPS) is 17.0. The van der Waals surface area contributed by atoms with Gasteiger partial charge in [-0.25, -0.2) is 0 Å². The molecule has 0 unspecified atom stereocenters. The van der Waals surface area contributed by atoms with E-state index in [2.05, 4.69) is 96.6 Å². The van der Waals surface area contributed by atoms with Crippen LogP contribution < -0.4 is 0 Å². The van der Waals surface area contributed by atoms with E-state index >= 15 is 0 Å². The van der Waals surface area contributed by atoms with E-state index in [0.29, 0.717) is 12.0 Å². The van der Waals surface area contributed by atoms with Crippen LogP contribution in [0.15, 0.2) is 77.9 Å². The molecule has 3 aromatic carbocycles. The molecule has 0 aromatic heterocycles. The summed E-state index contributed by atoms with van der Waals surface area (Å²) < 4.78 is 0. The topological polar surface area (TPSA) is 18.8 Å². The van der Waals surface area contributed by atoms with Crippen molar-refractivity contribution >= 4 is 6.21 Å². The highest BCUT2D eigenvalue weighted by molar-refractivity contribution is 5.79. The van der Waals surface area contributed by atoms with Gasteiger partial charge in [0.25, 0.3) is 0 Å². The summed E-state index contributed by atoms with van der Waals surface area (Å²) in [6.45, 7) is 8.42. The highest BCUT2D eigenvalue weighted by Crippen LogP contribution is 2.46. The first kappa shape index (κ1) is 19.1. The summed E-state index contributed by atoms with van der Waals surface area (Å²) in [5, 5.41) is 6.97. The molecule has 1 saturated heterocycles. The van der Waals surface area contributed by atoms with E-state index in [4.69, 9.17) is 5.10 Å². The second-order valence-electron chi connectivity index (χ2n) is 8.63. The first-order valence-electron chi connectivity index (χ1n) is 11.0. The Balaban J connectivity index is 1.27. The zero-order chi connectivity index (χ0) is 20.5. The molecule has 1 heterocycles. The summed E-state index contributed by atoms with van der Waals surface area (Å²) in [5.74, 6) is 0.565. The fourth-order valence-corrected chi connectivity index (χ4v) is 4.72. The molecule has 152 valence electrons. The molecule has 2 aliphatic rings. The molecule has 0 amide bonds. The number of hydrogen-bond donors (Lipinski definition) is 0. The van der Waals surface area contributed by atoms with Crippen molar-refractivity contribution in [2.45, 2.75) is 25.8 Å². The third-order valence-corrected chi connectivity index (χ3v) is 6.43. The Morgan fingerprint density at radius 3 is 1.90 bits per heavy atom. The van der Waals surface area contributed by atoms with Crippen molar-refractivity contribution in [1.29, 1.82) is 0 Å². The van der Waals surface area contributed by atoms with Crippen molar-refractivity contribution in [3.8, 4) is 11.1 Å². The SMILES string of the molecule is CC(C)c1ccc(/C=N\N2CCN(C3c4ccccc4-c4ccccc43)CC2)cc1. The van der Waals surface area contributed by atoms with Gasteiger partial charge in [0.1, 0.15) is 0 Å². The minimum Gasteiger partial charge on any atom is -0.294 e. The van der Waals surface area contributed by atoms with Gasteiger partial charge < -0.3 is 0 Å². The van der Waals surface area contributed by atoms with Gasteiger partial charge in [-0.05, 0) is 39.3 Å². The van der Waals surface area contributed by atoms with E-state index in [0.717, 1.165) is 26.2 Å². The maximum Gasteiger partial charge on any atom is 0.0615 e. The number of nitrogens with zero attached hydrogens (tertiary/aromatic N) is 3. The second kappa shape index (κ2) is 8.08. The molecule has 0 atom stereocenters. The van der Waals surface area contributed by atoms with Gasteiger partial charge in [0.15, 0.2) is 0 Å². The van der Waals surface area contributed by atoms with Gasteiger partial charge in [0.2, 0.25) is 0 Å². The molecule has 0 radical (unpaired) electrons. The summed E-state index contributed by atoms with van der Waals surface area (Å²) in [6, 6.07) is 26.9. The molecule has 1 fully saturated rings. The van der Waals surface area contributed by atoms with Gasteiger partial charge in [-0.15, -0.1) is 0 Å². The highest BCUT2D eigenvalue weighted by Gasteiger charge is 2.33. The Hall–Kier alpha value is -2.91. The zero-order valence-electron chi connectivity index (χ0n) is 17.8. The highest BCUT2D eigenvalue weighted by atomic mass is 15.5. The number of hydrogen-bond acceptors (Lipinski definition) is 3. The lowest BCUT2D eigenvalue weighted by Gasteiger charge is -2.37. The molecular formula is C27H29N3. The molecule has 3 nitrogen and oxygen atoms in total. The van der Waals surface area contributed by atoms with Crippen LogP contribution in [0.25, 0.3) is 11.1 Å². The van der Waals surface area contributed by atoms with Crippen LogP contribution in [0.5, 0.6) is 0 Å². The Morgan fingerprint density at radius 2 is 1.33 bits per heavy atom. The van der Waals surface area contributed by atoms with Crippen molar-refractivity contribution < 1.29 is 0 Å². The van der Waals surface area contributed by atoms with Crippen LogP contribution in [0, 0.1) is 0 Å². The summed E-state index contributed by atoms with van der Waals surface area (Å²) in [5.41, 5.74) is 8.21. The van der Waals surface area contributed by atoms with Crippen molar-refractivity contribution in [3.05, 3.63) is 95.1 Å². The molecule has 5 rings (SSSR count). The molecule has 1 aliphatic carbocycles. The minimum absolute atomic E-state index is 0.368. The van der Waals surface area contributed by atoms with E-state index in [1.54, 1.807) is 0 Å². The summed E-state index contributed by atoms with van der Waals surface area (Å²) in [4.78, 5) is 2.62. The van der Waals surface area contributed by atoms with Crippen LogP contribution in [0.4, 0.5) is 0 Å². The fraction of sp³-hybridized carbons (Fsp3) is 0.296. The lowest BCUT2D eigenvalue weighted by molar-refractivity contribution is 0.114. The smallest absolute Gasteiger partial charge is 0.0615 e. The van der Waals surface area contributed by atoms with Crippen LogP contribution >= 0.6 is 0 Å². The zero-order valence-corrected chi connectivity index (χ0v) is 17.8. The Bertz CT molecular complexity index is 998. The average molecular weight is 396 g/mol. The maximum absolute atomic E-state index is 4.76. The molecule has 3 heteroatoms. The Morgan fingerprint density at radius 1 is 0.767 bits per heavy atom.